The normalized spacial score (nSPS) is 19.4. The highest BCUT2D eigenvalue weighted by atomic mass is 35.5. The summed E-state index contributed by atoms with van der Waals surface area (Å²) >= 11 is 7.90. The lowest BCUT2D eigenvalue weighted by molar-refractivity contribution is 0.245. The molecule has 1 aliphatic heterocycles. The van der Waals surface area contributed by atoms with Crippen molar-refractivity contribution in [1.29, 1.82) is 0 Å². The van der Waals surface area contributed by atoms with Crippen molar-refractivity contribution in [2.75, 3.05) is 13.7 Å². The van der Waals surface area contributed by atoms with E-state index in [0.717, 1.165) is 23.9 Å². The van der Waals surface area contributed by atoms with Crippen molar-refractivity contribution in [3.8, 4) is 5.75 Å². The molecule has 0 radical (unpaired) electrons. The number of methoxy groups -OCH3 is 1. The second-order valence-corrected chi connectivity index (χ2v) is 6.36. The monoisotopic (exact) mass is 307 g/mol. The molecule has 1 aromatic heterocycles. The molecule has 4 heteroatoms. The van der Waals surface area contributed by atoms with Crippen molar-refractivity contribution < 1.29 is 4.74 Å². The first kappa shape index (κ1) is 13.9. The summed E-state index contributed by atoms with van der Waals surface area (Å²) < 4.78 is 5.45. The third kappa shape index (κ3) is 2.85. The van der Waals surface area contributed by atoms with Crippen LogP contribution in [-0.4, -0.2) is 18.6 Å². The van der Waals surface area contributed by atoms with Crippen LogP contribution in [0.4, 0.5) is 0 Å². The van der Waals surface area contributed by atoms with E-state index in [2.05, 4.69) is 21.7 Å². The minimum absolute atomic E-state index is 0.532. The van der Waals surface area contributed by atoms with Crippen molar-refractivity contribution in [3.63, 3.8) is 0 Å². The van der Waals surface area contributed by atoms with Gasteiger partial charge < -0.3 is 4.74 Å². The van der Waals surface area contributed by atoms with Crippen molar-refractivity contribution in [3.05, 3.63) is 51.2 Å². The lowest BCUT2D eigenvalue weighted by atomic mass is 10.1. The van der Waals surface area contributed by atoms with Gasteiger partial charge in [-0.15, -0.1) is 0 Å². The lowest BCUT2D eigenvalue weighted by Gasteiger charge is -2.25. The van der Waals surface area contributed by atoms with Crippen LogP contribution in [0.2, 0.25) is 5.02 Å². The standard InChI is InChI=1S/C16H18ClNOS/c1-19-16-5-4-14(17)9-13(16)10-18-7-2-3-15(18)12-6-8-20-11-12/h4-6,8-9,11,15H,2-3,7,10H2,1H3. The van der Waals surface area contributed by atoms with Crippen LogP contribution in [0.15, 0.2) is 35.0 Å². The zero-order valence-corrected chi connectivity index (χ0v) is 13.1. The van der Waals surface area contributed by atoms with Crippen LogP contribution >= 0.6 is 22.9 Å². The van der Waals surface area contributed by atoms with Gasteiger partial charge in [-0.2, -0.15) is 11.3 Å². The van der Waals surface area contributed by atoms with Crippen LogP contribution in [-0.2, 0) is 6.54 Å². The third-order valence-corrected chi connectivity index (χ3v) is 4.84. The number of halogens is 1. The zero-order valence-electron chi connectivity index (χ0n) is 11.5. The Morgan fingerprint density at radius 2 is 2.30 bits per heavy atom. The van der Waals surface area contributed by atoms with Gasteiger partial charge in [0.25, 0.3) is 0 Å². The maximum atomic E-state index is 6.12. The highest BCUT2D eigenvalue weighted by Crippen LogP contribution is 2.35. The minimum atomic E-state index is 0.532. The van der Waals surface area contributed by atoms with E-state index < -0.39 is 0 Å². The topological polar surface area (TPSA) is 12.5 Å². The molecular formula is C16H18ClNOS. The van der Waals surface area contributed by atoms with Gasteiger partial charge in [-0.1, -0.05) is 11.6 Å². The number of rotatable bonds is 4. The van der Waals surface area contributed by atoms with Crippen LogP contribution in [0.1, 0.15) is 30.0 Å². The van der Waals surface area contributed by atoms with E-state index in [1.165, 1.54) is 24.0 Å². The molecule has 1 aromatic carbocycles. The Hall–Kier alpha value is -1.03. The van der Waals surface area contributed by atoms with E-state index >= 15 is 0 Å². The first-order valence-corrected chi connectivity index (χ1v) is 8.18. The fraction of sp³-hybridized carbons (Fsp3) is 0.375. The predicted molar refractivity (Wildman–Crippen MR) is 84.7 cm³/mol. The quantitative estimate of drug-likeness (QED) is 0.808. The van der Waals surface area contributed by atoms with Crippen LogP contribution in [0.3, 0.4) is 0 Å². The summed E-state index contributed by atoms with van der Waals surface area (Å²) in [6.45, 7) is 2.03. The molecule has 1 unspecified atom stereocenters. The zero-order chi connectivity index (χ0) is 13.9. The van der Waals surface area contributed by atoms with Crippen molar-refractivity contribution in [2.45, 2.75) is 25.4 Å². The molecule has 106 valence electrons. The Bertz CT molecular complexity index is 570. The smallest absolute Gasteiger partial charge is 0.123 e. The molecule has 0 bridgehead atoms. The van der Waals surface area contributed by atoms with Crippen molar-refractivity contribution >= 4 is 22.9 Å². The molecule has 2 heterocycles. The minimum Gasteiger partial charge on any atom is -0.496 e. The van der Waals surface area contributed by atoms with E-state index in [1.54, 1.807) is 18.4 Å². The van der Waals surface area contributed by atoms with E-state index in [-0.39, 0.29) is 0 Å². The molecule has 2 aromatic rings. The van der Waals surface area contributed by atoms with Crippen LogP contribution in [0.25, 0.3) is 0 Å². The van der Waals surface area contributed by atoms with E-state index in [4.69, 9.17) is 16.3 Å². The molecule has 1 fully saturated rings. The average Bonchev–Trinajstić information content (AvgIpc) is 3.09. The molecule has 0 spiro atoms. The van der Waals surface area contributed by atoms with Gasteiger partial charge >= 0.3 is 0 Å². The van der Waals surface area contributed by atoms with Gasteiger partial charge in [0.2, 0.25) is 0 Å². The molecule has 0 aliphatic carbocycles. The molecule has 1 aliphatic rings. The number of thiophene rings is 1. The summed E-state index contributed by atoms with van der Waals surface area (Å²) in [5.41, 5.74) is 2.61. The maximum absolute atomic E-state index is 6.12. The Kier molecular flexibility index (Phi) is 4.29. The Morgan fingerprint density at radius 1 is 1.40 bits per heavy atom. The molecule has 0 N–H and O–H groups in total. The summed E-state index contributed by atoms with van der Waals surface area (Å²) in [5, 5.41) is 5.19. The molecule has 20 heavy (non-hydrogen) atoms. The Morgan fingerprint density at radius 3 is 3.05 bits per heavy atom. The van der Waals surface area contributed by atoms with Gasteiger partial charge in [-0.3, -0.25) is 4.90 Å². The van der Waals surface area contributed by atoms with Gasteiger partial charge in [-0.05, 0) is 60.0 Å². The highest BCUT2D eigenvalue weighted by molar-refractivity contribution is 7.07. The summed E-state index contributed by atoms with van der Waals surface area (Å²) in [5.74, 6) is 0.922. The molecular weight excluding hydrogens is 290 g/mol. The van der Waals surface area contributed by atoms with Gasteiger partial charge in [0.1, 0.15) is 5.75 Å². The average molecular weight is 308 g/mol. The van der Waals surface area contributed by atoms with Gasteiger partial charge in [-0.25, -0.2) is 0 Å². The summed E-state index contributed by atoms with van der Waals surface area (Å²) in [6.07, 6.45) is 2.49. The number of nitrogens with zero attached hydrogens (tertiary/aromatic N) is 1. The predicted octanol–water partition coefficient (Wildman–Crippen LogP) is 4.75. The van der Waals surface area contributed by atoms with Crippen LogP contribution < -0.4 is 4.74 Å². The number of likely N-dealkylation sites (tertiary alicyclic amines) is 1. The molecule has 3 rings (SSSR count). The fourth-order valence-corrected chi connectivity index (χ4v) is 3.85. The van der Waals surface area contributed by atoms with E-state index in [1.807, 2.05) is 18.2 Å². The first-order valence-electron chi connectivity index (χ1n) is 6.86. The van der Waals surface area contributed by atoms with Gasteiger partial charge in [0.15, 0.2) is 0 Å². The van der Waals surface area contributed by atoms with Crippen LogP contribution in [0, 0.1) is 0 Å². The SMILES string of the molecule is COc1ccc(Cl)cc1CN1CCCC1c1ccsc1. The number of ether oxygens (including phenoxy) is 1. The second kappa shape index (κ2) is 6.17. The Balaban J connectivity index is 1.82. The van der Waals surface area contributed by atoms with E-state index in [9.17, 15) is 0 Å². The number of benzene rings is 1. The third-order valence-electron chi connectivity index (χ3n) is 3.91. The number of hydrogen-bond donors (Lipinski definition) is 0. The van der Waals surface area contributed by atoms with Gasteiger partial charge in [0, 0.05) is 23.2 Å². The maximum Gasteiger partial charge on any atom is 0.123 e. The van der Waals surface area contributed by atoms with E-state index in [0.29, 0.717) is 6.04 Å². The molecule has 2 nitrogen and oxygen atoms in total. The van der Waals surface area contributed by atoms with Crippen molar-refractivity contribution in [2.24, 2.45) is 0 Å². The molecule has 0 amide bonds. The second-order valence-electron chi connectivity index (χ2n) is 5.14. The van der Waals surface area contributed by atoms with Crippen molar-refractivity contribution in [1.82, 2.24) is 4.90 Å². The highest BCUT2D eigenvalue weighted by Gasteiger charge is 2.26. The Labute approximate surface area is 128 Å². The molecule has 0 saturated carbocycles. The van der Waals surface area contributed by atoms with Crippen LogP contribution in [0.5, 0.6) is 5.75 Å². The lowest BCUT2D eigenvalue weighted by Crippen LogP contribution is -2.22. The van der Waals surface area contributed by atoms with Gasteiger partial charge in [0.05, 0.1) is 7.11 Å². The summed E-state index contributed by atoms with van der Waals surface area (Å²) in [4.78, 5) is 2.52. The summed E-state index contributed by atoms with van der Waals surface area (Å²) in [6, 6.07) is 8.62. The molecule has 1 saturated heterocycles. The summed E-state index contributed by atoms with van der Waals surface area (Å²) in [7, 11) is 1.72. The number of hydrogen-bond acceptors (Lipinski definition) is 3. The largest absolute Gasteiger partial charge is 0.496 e. The fourth-order valence-electron chi connectivity index (χ4n) is 2.95. The molecule has 1 atom stereocenters. The first-order chi connectivity index (χ1) is 9.78.